The minimum absolute atomic E-state index is 0.0977. The molecule has 2 rings (SSSR count). The number of aromatic nitrogens is 2. The van der Waals surface area contributed by atoms with Gasteiger partial charge in [-0.25, -0.2) is 0 Å². The molecule has 0 amide bonds. The zero-order valence-corrected chi connectivity index (χ0v) is 12.2. The number of aryl methyl sites for hydroxylation is 1. The van der Waals surface area contributed by atoms with Crippen LogP contribution in [0.1, 0.15) is 30.7 Å². The van der Waals surface area contributed by atoms with Crippen molar-refractivity contribution in [3.8, 4) is 0 Å². The highest BCUT2D eigenvalue weighted by Gasteiger charge is 2.29. The molecule has 0 saturated carbocycles. The fraction of sp³-hybridized carbons (Fsp3) is 0.357. The number of nitrogens with zero attached hydrogens (tertiary/aromatic N) is 2. The van der Waals surface area contributed by atoms with Crippen molar-refractivity contribution in [2.24, 2.45) is 0 Å². The van der Waals surface area contributed by atoms with E-state index in [9.17, 15) is 18.3 Å². The molecule has 0 fully saturated rings. The largest absolute Gasteiger partial charge is 0.446 e. The number of hydrogen-bond donors (Lipinski definition) is 1. The molecular formula is C14H15F3N2OS. The van der Waals surface area contributed by atoms with Gasteiger partial charge in [-0.05, 0) is 41.9 Å². The SMILES string of the molecule is CCCn1nccc1C(O)c1ccc(SC(F)(F)F)cc1. The number of halogens is 3. The van der Waals surface area contributed by atoms with Gasteiger partial charge in [-0.1, -0.05) is 19.1 Å². The molecular weight excluding hydrogens is 301 g/mol. The van der Waals surface area contributed by atoms with Crippen LogP contribution in [0, 0.1) is 0 Å². The van der Waals surface area contributed by atoms with E-state index in [2.05, 4.69) is 5.10 Å². The fourth-order valence-electron chi connectivity index (χ4n) is 2.00. The highest BCUT2D eigenvalue weighted by molar-refractivity contribution is 8.00. The number of alkyl halides is 3. The zero-order valence-electron chi connectivity index (χ0n) is 11.3. The van der Waals surface area contributed by atoms with Crippen LogP contribution in [-0.2, 0) is 6.54 Å². The van der Waals surface area contributed by atoms with Crippen molar-refractivity contribution in [2.75, 3.05) is 0 Å². The van der Waals surface area contributed by atoms with E-state index in [4.69, 9.17) is 0 Å². The molecule has 1 N–H and O–H groups in total. The molecule has 1 aromatic carbocycles. The molecule has 0 aliphatic heterocycles. The van der Waals surface area contributed by atoms with Crippen molar-refractivity contribution in [1.82, 2.24) is 9.78 Å². The summed E-state index contributed by atoms with van der Waals surface area (Å²) in [5, 5.41) is 14.4. The summed E-state index contributed by atoms with van der Waals surface area (Å²) in [5.41, 5.74) is -3.13. The van der Waals surface area contributed by atoms with Crippen molar-refractivity contribution in [2.45, 2.75) is 36.4 Å². The van der Waals surface area contributed by atoms with Crippen molar-refractivity contribution in [3.05, 3.63) is 47.8 Å². The van der Waals surface area contributed by atoms with Crippen molar-refractivity contribution < 1.29 is 18.3 Å². The first-order chi connectivity index (χ1) is 9.90. The van der Waals surface area contributed by atoms with E-state index >= 15 is 0 Å². The minimum atomic E-state index is -4.31. The number of aliphatic hydroxyl groups is 1. The van der Waals surface area contributed by atoms with Gasteiger partial charge in [0.1, 0.15) is 6.10 Å². The van der Waals surface area contributed by atoms with Gasteiger partial charge in [0.15, 0.2) is 0 Å². The minimum Gasteiger partial charge on any atom is -0.382 e. The maximum atomic E-state index is 12.3. The Morgan fingerprint density at radius 1 is 1.24 bits per heavy atom. The van der Waals surface area contributed by atoms with Gasteiger partial charge >= 0.3 is 5.51 Å². The first-order valence-electron chi connectivity index (χ1n) is 6.46. The van der Waals surface area contributed by atoms with Gasteiger partial charge in [0.2, 0.25) is 0 Å². The molecule has 0 bridgehead atoms. The van der Waals surface area contributed by atoms with Gasteiger partial charge < -0.3 is 5.11 Å². The molecule has 1 unspecified atom stereocenters. The van der Waals surface area contributed by atoms with Crippen LogP contribution >= 0.6 is 11.8 Å². The number of rotatable bonds is 5. The smallest absolute Gasteiger partial charge is 0.382 e. The lowest BCUT2D eigenvalue weighted by molar-refractivity contribution is -0.0328. The third-order valence-electron chi connectivity index (χ3n) is 2.89. The molecule has 1 atom stereocenters. The van der Waals surface area contributed by atoms with E-state index in [0.717, 1.165) is 6.42 Å². The van der Waals surface area contributed by atoms with Gasteiger partial charge in [0.25, 0.3) is 0 Å². The topological polar surface area (TPSA) is 38.0 Å². The molecule has 0 aliphatic rings. The van der Waals surface area contributed by atoms with Crippen LogP contribution in [0.5, 0.6) is 0 Å². The summed E-state index contributed by atoms with van der Waals surface area (Å²) in [4.78, 5) is 0.0977. The third-order valence-corrected chi connectivity index (χ3v) is 3.63. The average Bonchev–Trinajstić information content (AvgIpc) is 2.86. The molecule has 0 aliphatic carbocycles. The van der Waals surface area contributed by atoms with E-state index in [-0.39, 0.29) is 16.7 Å². The summed E-state index contributed by atoms with van der Waals surface area (Å²) < 4.78 is 38.5. The quantitative estimate of drug-likeness (QED) is 0.848. The Morgan fingerprint density at radius 3 is 2.48 bits per heavy atom. The summed E-state index contributed by atoms with van der Waals surface area (Å²) in [6, 6.07) is 7.43. The summed E-state index contributed by atoms with van der Waals surface area (Å²) >= 11 is -0.169. The van der Waals surface area contributed by atoms with Crippen molar-refractivity contribution in [3.63, 3.8) is 0 Å². The molecule has 1 heterocycles. The van der Waals surface area contributed by atoms with E-state index in [1.165, 1.54) is 24.3 Å². The summed E-state index contributed by atoms with van der Waals surface area (Å²) in [7, 11) is 0. The molecule has 0 radical (unpaired) electrons. The van der Waals surface area contributed by atoms with Crippen LogP contribution in [0.4, 0.5) is 13.2 Å². The van der Waals surface area contributed by atoms with E-state index in [0.29, 0.717) is 17.8 Å². The molecule has 0 spiro atoms. The predicted molar refractivity (Wildman–Crippen MR) is 74.9 cm³/mol. The second-order valence-electron chi connectivity index (χ2n) is 4.50. The predicted octanol–water partition coefficient (Wildman–Crippen LogP) is 3.99. The van der Waals surface area contributed by atoms with E-state index in [1.54, 1.807) is 16.9 Å². The van der Waals surface area contributed by atoms with Crippen LogP contribution in [0.3, 0.4) is 0 Å². The number of hydrogen-bond acceptors (Lipinski definition) is 3. The van der Waals surface area contributed by atoms with Crippen molar-refractivity contribution in [1.29, 1.82) is 0 Å². The number of benzene rings is 1. The first-order valence-corrected chi connectivity index (χ1v) is 7.28. The van der Waals surface area contributed by atoms with E-state index in [1.807, 2.05) is 6.92 Å². The van der Waals surface area contributed by atoms with E-state index < -0.39 is 11.6 Å². The second-order valence-corrected chi connectivity index (χ2v) is 5.64. The fourth-order valence-corrected chi connectivity index (χ4v) is 2.54. The molecule has 7 heteroatoms. The number of aliphatic hydroxyl groups excluding tert-OH is 1. The molecule has 0 saturated heterocycles. The Balaban J connectivity index is 2.16. The summed E-state index contributed by atoms with van der Waals surface area (Å²) in [6.45, 7) is 2.68. The molecule has 2 aromatic rings. The lowest BCUT2D eigenvalue weighted by Gasteiger charge is -2.14. The molecule has 114 valence electrons. The van der Waals surface area contributed by atoms with Gasteiger partial charge in [0, 0.05) is 17.6 Å². The molecule has 1 aromatic heterocycles. The molecule has 3 nitrogen and oxygen atoms in total. The summed E-state index contributed by atoms with van der Waals surface area (Å²) in [5.74, 6) is 0. The van der Waals surface area contributed by atoms with Gasteiger partial charge in [-0.3, -0.25) is 4.68 Å². The van der Waals surface area contributed by atoms with Crippen molar-refractivity contribution >= 4 is 11.8 Å². The first kappa shape index (κ1) is 15.9. The number of thioether (sulfide) groups is 1. The highest BCUT2D eigenvalue weighted by atomic mass is 32.2. The standard InChI is InChI=1S/C14H15F3N2OS/c1-2-9-19-12(7-8-18-19)13(20)10-3-5-11(6-4-10)21-14(15,16)17/h3-8,13,20H,2,9H2,1H3. The van der Waals surface area contributed by atoms with Crippen LogP contribution in [0.25, 0.3) is 0 Å². The van der Waals surface area contributed by atoms with Crippen LogP contribution in [-0.4, -0.2) is 20.4 Å². The highest BCUT2D eigenvalue weighted by Crippen LogP contribution is 2.37. The lowest BCUT2D eigenvalue weighted by atomic mass is 10.1. The Morgan fingerprint density at radius 2 is 1.90 bits per heavy atom. The monoisotopic (exact) mass is 316 g/mol. The van der Waals surface area contributed by atoms with Crippen LogP contribution in [0.15, 0.2) is 41.4 Å². The third kappa shape index (κ3) is 4.25. The van der Waals surface area contributed by atoms with Gasteiger partial charge in [-0.15, -0.1) is 0 Å². The zero-order chi connectivity index (χ0) is 15.5. The normalized spacial score (nSPS) is 13.4. The Bertz CT molecular complexity index is 581. The van der Waals surface area contributed by atoms with Gasteiger partial charge in [0.05, 0.1) is 5.69 Å². The maximum Gasteiger partial charge on any atom is 0.446 e. The van der Waals surface area contributed by atoms with Crippen LogP contribution < -0.4 is 0 Å². The van der Waals surface area contributed by atoms with Gasteiger partial charge in [-0.2, -0.15) is 18.3 Å². The lowest BCUT2D eigenvalue weighted by Crippen LogP contribution is -2.10. The Kier molecular flexibility index (Phi) is 4.95. The second kappa shape index (κ2) is 6.53. The van der Waals surface area contributed by atoms with Crippen LogP contribution in [0.2, 0.25) is 0 Å². The Labute approximate surface area is 124 Å². The average molecular weight is 316 g/mol. The Hall–Kier alpha value is -1.47. The summed E-state index contributed by atoms with van der Waals surface area (Å²) in [6.07, 6.45) is 1.58. The molecule has 21 heavy (non-hydrogen) atoms. The maximum absolute atomic E-state index is 12.3.